The second kappa shape index (κ2) is 5.35. The summed E-state index contributed by atoms with van der Waals surface area (Å²) in [6, 6.07) is 6.26. The number of ether oxygens (including phenoxy) is 2. The van der Waals surface area contributed by atoms with E-state index in [2.05, 4.69) is 39.8 Å². The van der Waals surface area contributed by atoms with Crippen LogP contribution >= 0.6 is 0 Å². The Morgan fingerprint density at radius 2 is 1.81 bits per heavy atom. The van der Waals surface area contributed by atoms with Crippen molar-refractivity contribution in [3.63, 3.8) is 0 Å². The summed E-state index contributed by atoms with van der Waals surface area (Å²) in [6.45, 7) is 10.0. The van der Waals surface area contributed by atoms with Gasteiger partial charge in [-0.3, -0.25) is 0 Å². The highest BCUT2D eigenvalue weighted by atomic mass is 16.5. The number of rotatable bonds is 4. The lowest BCUT2D eigenvalue weighted by Gasteiger charge is -2.22. The summed E-state index contributed by atoms with van der Waals surface area (Å²) in [5.74, 6) is 0.924. The van der Waals surface area contributed by atoms with E-state index < -0.39 is 0 Å². The van der Waals surface area contributed by atoms with Crippen LogP contribution in [0.1, 0.15) is 31.9 Å². The van der Waals surface area contributed by atoms with Gasteiger partial charge in [0.25, 0.3) is 0 Å². The van der Waals surface area contributed by atoms with Gasteiger partial charge in [-0.05, 0) is 35.6 Å². The lowest BCUT2D eigenvalue weighted by molar-refractivity contribution is 0.146. The first-order chi connectivity index (χ1) is 7.45. The van der Waals surface area contributed by atoms with Crippen molar-refractivity contribution in [2.75, 3.05) is 20.3 Å². The van der Waals surface area contributed by atoms with Gasteiger partial charge in [0, 0.05) is 7.11 Å². The van der Waals surface area contributed by atoms with E-state index in [1.807, 2.05) is 6.07 Å². The number of hydrogen-bond acceptors (Lipinski definition) is 2. The van der Waals surface area contributed by atoms with Crippen LogP contribution in [-0.2, 0) is 10.2 Å². The molecule has 0 spiro atoms. The Labute approximate surface area is 98.6 Å². The first kappa shape index (κ1) is 13.0. The molecule has 0 aliphatic rings. The predicted molar refractivity (Wildman–Crippen MR) is 67.3 cm³/mol. The van der Waals surface area contributed by atoms with Gasteiger partial charge < -0.3 is 9.47 Å². The molecular formula is C14H22O2. The molecule has 2 heteroatoms. The fourth-order valence-electron chi connectivity index (χ4n) is 1.74. The normalized spacial score (nSPS) is 11.6. The molecule has 2 nitrogen and oxygen atoms in total. The molecule has 0 aliphatic heterocycles. The molecule has 1 rings (SSSR count). The summed E-state index contributed by atoms with van der Waals surface area (Å²) < 4.78 is 10.6. The maximum absolute atomic E-state index is 5.61. The Bertz CT molecular complexity index is 337. The maximum Gasteiger partial charge on any atom is 0.119 e. The third-order valence-corrected chi connectivity index (χ3v) is 2.57. The van der Waals surface area contributed by atoms with Crippen molar-refractivity contribution in [2.45, 2.75) is 33.1 Å². The highest BCUT2D eigenvalue weighted by Crippen LogP contribution is 2.28. The monoisotopic (exact) mass is 222 g/mol. The van der Waals surface area contributed by atoms with Gasteiger partial charge in [0.15, 0.2) is 0 Å². The van der Waals surface area contributed by atoms with Crippen molar-refractivity contribution in [3.05, 3.63) is 29.3 Å². The molecule has 0 amide bonds. The fourth-order valence-corrected chi connectivity index (χ4v) is 1.74. The smallest absolute Gasteiger partial charge is 0.119 e. The molecule has 0 aliphatic carbocycles. The Kier molecular flexibility index (Phi) is 4.36. The first-order valence-electron chi connectivity index (χ1n) is 5.68. The van der Waals surface area contributed by atoms with E-state index >= 15 is 0 Å². The van der Waals surface area contributed by atoms with Gasteiger partial charge in [-0.2, -0.15) is 0 Å². The highest BCUT2D eigenvalue weighted by molar-refractivity contribution is 5.38. The number of aryl methyl sites for hydroxylation is 1. The second-order valence-electron chi connectivity index (χ2n) is 5.07. The molecule has 90 valence electrons. The average Bonchev–Trinajstić information content (AvgIpc) is 2.19. The van der Waals surface area contributed by atoms with E-state index in [0.29, 0.717) is 13.2 Å². The van der Waals surface area contributed by atoms with Crippen LogP contribution in [0, 0.1) is 6.92 Å². The van der Waals surface area contributed by atoms with Gasteiger partial charge in [0.1, 0.15) is 12.4 Å². The van der Waals surface area contributed by atoms with Crippen molar-refractivity contribution >= 4 is 0 Å². The van der Waals surface area contributed by atoms with E-state index in [-0.39, 0.29) is 5.41 Å². The molecule has 16 heavy (non-hydrogen) atoms. The predicted octanol–water partition coefficient (Wildman–Crippen LogP) is 3.32. The summed E-state index contributed by atoms with van der Waals surface area (Å²) in [6.07, 6.45) is 0. The van der Waals surface area contributed by atoms with Crippen molar-refractivity contribution in [3.8, 4) is 5.75 Å². The topological polar surface area (TPSA) is 18.5 Å². The van der Waals surface area contributed by atoms with Gasteiger partial charge in [-0.25, -0.2) is 0 Å². The molecule has 1 aromatic rings. The third-order valence-electron chi connectivity index (χ3n) is 2.57. The number of methoxy groups -OCH3 is 1. The Morgan fingerprint density at radius 1 is 1.12 bits per heavy atom. The molecule has 0 fully saturated rings. The molecule has 0 N–H and O–H groups in total. The molecule has 0 atom stereocenters. The van der Waals surface area contributed by atoms with Crippen LogP contribution in [0.4, 0.5) is 0 Å². The van der Waals surface area contributed by atoms with E-state index in [4.69, 9.17) is 9.47 Å². The Morgan fingerprint density at radius 3 is 2.38 bits per heavy atom. The van der Waals surface area contributed by atoms with E-state index in [0.717, 1.165) is 5.75 Å². The maximum atomic E-state index is 5.61. The zero-order chi connectivity index (χ0) is 12.2. The largest absolute Gasteiger partial charge is 0.491 e. The SMILES string of the molecule is COCCOc1ccc(C)c(C(C)(C)C)c1. The summed E-state index contributed by atoms with van der Waals surface area (Å²) in [4.78, 5) is 0. The van der Waals surface area contributed by atoms with Crippen molar-refractivity contribution in [1.82, 2.24) is 0 Å². The lowest BCUT2D eigenvalue weighted by atomic mass is 9.84. The molecule has 0 unspecified atom stereocenters. The molecule has 0 bridgehead atoms. The van der Waals surface area contributed by atoms with Gasteiger partial charge in [-0.15, -0.1) is 0 Å². The molecule has 0 saturated carbocycles. The van der Waals surface area contributed by atoms with E-state index in [1.54, 1.807) is 7.11 Å². The standard InChI is InChI=1S/C14H22O2/c1-11-6-7-12(16-9-8-15-5)10-13(11)14(2,3)4/h6-7,10H,8-9H2,1-5H3. The number of hydrogen-bond donors (Lipinski definition) is 0. The second-order valence-corrected chi connectivity index (χ2v) is 5.07. The minimum atomic E-state index is 0.157. The van der Waals surface area contributed by atoms with Crippen LogP contribution in [0.3, 0.4) is 0 Å². The van der Waals surface area contributed by atoms with Gasteiger partial charge in [0.2, 0.25) is 0 Å². The van der Waals surface area contributed by atoms with E-state index in [9.17, 15) is 0 Å². The quantitative estimate of drug-likeness (QED) is 0.728. The highest BCUT2D eigenvalue weighted by Gasteiger charge is 2.16. The lowest BCUT2D eigenvalue weighted by Crippen LogP contribution is -2.13. The van der Waals surface area contributed by atoms with Crippen molar-refractivity contribution in [1.29, 1.82) is 0 Å². The zero-order valence-corrected chi connectivity index (χ0v) is 11.0. The fraction of sp³-hybridized carbons (Fsp3) is 0.571. The van der Waals surface area contributed by atoms with Crippen LogP contribution in [0.2, 0.25) is 0 Å². The van der Waals surface area contributed by atoms with Gasteiger partial charge in [-0.1, -0.05) is 26.8 Å². The third kappa shape index (κ3) is 3.53. The van der Waals surface area contributed by atoms with Gasteiger partial charge in [0.05, 0.1) is 6.61 Å². The van der Waals surface area contributed by atoms with Crippen molar-refractivity contribution in [2.24, 2.45) is 0 Å². The zero-order valence-electron chi connectivity index (χ0n) is 11.0. The minimum absolute atomic E-state index is 0.157. The summed E-state index contributed by atoms with van der Waals surface area (Å²) in [5.41, 5.74) is 2.80. The van der Waals surface area contributed by atoms with Crippen LogP contribution < -0.4 is 4.74 Å². The van der Waals surface area contributed by atoms with Crippen LogP contribution in [-0.4, -0.2) is 20.3 Å². The van der Waals surface area contributed by atoms with Crippen LogP contribution in [0.5, 0.6) is 5.75 Å². The molecule has 0 saturated heterocycles. The Hall–Kier alpha value is -1.02. The van der Waals surface area contributed by atoms with Crippen LogP contribution in [0.25, 0.3) is 0 Å². The molecule has 0 aromatic heterocycles. The van der Waals surface area contributed by atoms with Crippen LogP contribution in [0.15, 0.2) is 18.2 Å². The minimum Gasteiger partial charge on any atom is -0.491 e. The van der Waals surface area contributed by atoms with E-state index in [1.165, 1.54) is 11.1 Å². The number of benzene rings is 1. The van der Waals surface area contributed by atoms with Crippen molar-refractivity contribution < 1.29 is 9.47 Å². The molecule has 0 heterocycles. The van der Waals surface area contributed by atoms with Gasteiger partial charge >= 0.3 is 0 Å². The molecule has 0 radical (unpaired) electrons. The summed E-state index contributed by atoms with van der Waals surface area (Å²) in [5, 5.41) is 0. The summed E-state index contributed by atoms with van der Waals surface area (Å²) >= 11 is 0. The average molecular weight is 222 g/mol. The summed E-state index contributed by atoms with van der Waals surface area (Å²) in [7, 11) is 1.68. The first-order valence-corrected chi connectivity index (χ1v) is 5.68. The molecule has 1 aromatic carbocycles. The molecular weight excluding hydrogens is 200 g/mol. The Balaban J connectivity index is 2.82.